The van der Waals surface area contributed by atoms with E-state index >= 15 is 0 Å². The van der Waals surface area contributed by atoms with Crippen LogP contribution in [0.4, 0.5) is 17.1 Å². The van der Waals surface area contributed by atoms with Gasteiger partial charge in [-0.15, -0.1) is 0 Å². The molecule has 0 bridgehead atoms. The third-order valence-corrected chi connectivity index (χ3v) is 10.1. The average Bonchev–Trinajstić information content (AvgIpc) is 3.25. The average molecular weight is 676 g/mol. The van der Waals surface area contributed by atoms with E-state index in [1.54, 1.807) is 0 Å². The van der Waals surface area contributed by atoms with Crippen molar-refractivity contribution in [1.29, 1.82) is 0 Å². The Morgan fingerprint density at radius 1 is 0.208 bits per heavy atom. The van der Waals surface area contributed by atoms with Crippen LogP contribution in [0, 0.1) is 0 Å². The smallest absolute Gasteiger partial charge is 0.0462 e. The zero-order chi connectivity index (χ0) is 35.4. The fourth-order valence-corrected chi connectivity index (χ4v) is 7.30. The molecule has 1 nitrogen and oxygen atoms in total. The lowest BCUT2D eigenvalue weighted by molar-refractivity contribution is 1.28. The van der Waals surface area contributed by atoms with Gasteiger partial charge in [0.1, 0.15) is 0 Å². The second-order valence-electron chi connectivity index (χ2n) is 13.4. The molecule has 0 unspecified atom stereocenters. The first-order valence-electron chi connectivity index (χ1n) is 18.2. The predicted molar refractivity (Wildman–Crippen MR) is 226 cm³/mol. The highest BCUT2D eigenvalue weighted by Crippen LogP contribution is 2.39. The van der Waals surface area contributed by atoms with Gasteiger partial charge in [0, 0.05) is 17.1 Å². The van der Waals surface area contributed by atoms with Crippen LogP contribution in [0.1, 0.15) is 0 Å². The van der Waals surface area contributed by atoms with Crippen LogP contribution in [-0.2, 0) is 0 Å². The van der Waals surface area contributed by atoms with E-state index in [1.165, 1.54) is 66.4 Å². The number of para-hydroxylation sites is 1. The van der Waals surface area contributed by atoms with E-state index in [1.807, 2.05) is 0 Å². The first-order chi connectivity index (χ1) is 26.3. The third-order valence-electron chi connectivity index (χ3n) is 10.1. The second-order valence-corrected chi connectivity index (χ2v) is 13.4. The molecular formula is C52H37N. The van der Waals surface area contributed by atoms with E-state index in [9.17, 15) is 0 Å². The highest BCUT2D eigenvalue weighted by Gasteiger charge is 2.15. The lowest BCUT2D eigenvalue weighted by atomic mass is 9.90. The minimum Gasteiger partial charge on any atom is -0.311 e. The van der Waals surface area contributed by atoms with E-state index in [4.69, 9.17) is 0 Å². The molecule has 53 heavy (non-hydrogen) atoms. The van der Waals surface area contributed by atoms with Crippen molar-refractivity contribution in [1.82, 2.24) is 0 Å². The summed E-state index contributed by atoms with van der Waals surface area (Å²) < 4.78 is 0. The summed E-state index contributed by atoms with van der Waals surface area (Å²) in [6.45, 7) is 0. The summed E-state index contributed by atoms with van der Waals surface area (Å²) in [5.41, 5.74) is 15.4. The molecule has 0 spiro atoms. The highest BCUT2D eigenvalue weighted by atomic mass is 15.1. The number of benzene rings is 9. The number of anilines is 3. The zero-order valence-corrected chi connectivity index (χ0v) is 29.3. The molecule has 0 atom stereocenters. The largest absolute Gasteiger partial charge is 0.311 e. The molecule has 9 aromatic rings. The lowest BCUT2D eigenvalue weighted by Gasteiger charge is -2.26. The lowest BCUT2D eigenvalue weighted by Crippen LogP contribution is -2.09. The van der Waals surface area contributed by atoms with Crippen LogP contribution in [-0.4, -0.2) is 0 Å². The maximum atomic E-state index is 2.34. The van der Waals surface area contributed by atoms with Crippen molar-refractivity contribution >= 4 is 27.8 Å². The molecule has 0 radical (unpaired) electrons. The molecule has 0 saturated heterocycles. The van der Waals surface area contributed by atoms with Gasteiger partial charge in [-0.25, -0.2) is 0 Å². The Kier molecular flexibility index (Phi) is 8.66. The quantitative estimate of drug-likeness (QED) is 0.155. The van der Waals surface area contributed by atoms with Crippen LogP contribution in [0.2, 0.25) is 0 Å². The van der Waals surface area contributed by atoms with E-state index < -0.39 is 0 Å². The maximum Gasteiger partial charge on any atom is 0.0462 e. The summed E-state index contributed by atoms with van der Waals surface area (Å²) in [5, 5.41) is 2.50. The summed E-state index contributed by atoms with van der Waals surface area (Å²) in [6.07, 6.45) is 0. The normalized spacial score (nSPS) is 11.0. The van der Waals surface area contributed by atoms with Gasteiger partial charge in [0.05, 0.1) is 0 Å². The van der Waals surface area contributed by atoms with Gasteiger partial charge in [-0.05, 0) is 115 Å². The van der Waals surface area contributed by atoms with E-state index in [0.29, 0.717) is 0 Å². The van der Waals surface area contributed by atoms with Crippen molar-refractivity contribution in [3.05, 3.63) is 224 Å². The topological polar surface area (TPSA) is 3.24 Å². The van der Waals surface area contributed by atoms with Crippen molar-refractivity contribution in [2.75, 3.05) is 4.90 Å². The maximum absolute atomic E-state index is 2.34. The number of rotatable bonds is 8. The van der Waals surface area contributed by atoms with Crippen LogP contribution in [0.5, 0.6) is 0 Å². The summed E-state index contributed by atoms with van der Waals surface area (Å²) in [5.74, 6) is 0. The van der Waals surface area contributed by atoms with Gasteiger partial charge in [-0.1, -0.05) is 176 Å². The molecule has 9 aromatic carbocycles. The van der Waals surface area contributed by atoms with Crippen LogP contribution in [0.3, 0.4) is 0 Å². The summed E-state index contributed by atoms with van der Waals surface area (Å²) in [7, 11) is 0. The zero-order valence-electron chi connectivity index (χ0n) is 29.3. The SMILES string of the molecule is c1ccc(-c2ccc(-c3ccc(N(c4ccccc4)c4ccc(-c5ccc(-c6ccc7ccccc7c6)c(-c6ccccc6)c5)cc4)cc3)cc2)cc1. The fraction of sp³-hybridized carbons (Fsp3) is 0. The molecule has 0 aliphatic carbocycles. The van der Waals surface area contributed by atoms with Crippen molar-refractivity contribution in [2.24, 2.45) is 0 Å². The van der Waals surface area contributed by atoms with Gasteiger partial charge in [0.2, 0.25) is 0 Å². The molecule has 0 heterocycles. The fourth-order valence-electron chi connectivity index (χ4n) is 7.30. The van der Waals surface area contributed by atoms with Crippen molar-refractivity contribution in [3.63, 3.8) is 0 Å². The van der Waals surface area contributed by atoms with Crippen LogP contribution in [0.15, 0.2) is 224 Å². The van der Waals surface area contributed by atoms with E-state index in [0.717, 1.165) is 17.1 Å². The van der Waals surface area contributed by atoms with Gasteiger partial charge in [-0.2, -0.15) is 0 Å². The summed E-state index contributed by atoms with van der Waals surface area (Å²) in [4.78, 5) is 2.32. The van der Waals surface area contributed by atoms with Gasteiger partial charge in [0.15, 0.2) is 0 Å². The molecule has 1 heteroatoms. The Bertz CT molecular complexity index is 2610. The molecule has 0 aliphatic heterocycles. The number of hydrogen-bond donors (Lipinski definition) is 0. The molecule has 0 aliphatic rings. The summed E-state index contributed by atoms with van der Waals surface area (Å²) >= 11 is 0. The number of fused-ring (bicyclic) bond motifs is 1. The Balaban J connectivity index is 1.04. The van der Waals surface area contributed by atoms with E-state index in [-0.39, 0.29) is 0 Å². The monoisotopic (exact) mass is 675 g/mol. The van der Waals surface area contributed by atoms with Crippen LogP contribution < -0.4 is 4.90 Å². The molecule has 0 N–H and O–H groups in total. The van der Waals surface area contributed by atoms with Crippen molar-refractivity contribution in [3.8, 4) is 55.6 Å². The third kappa shape index (κ3) is 6.65. The standard InChI is InChI=1S/C52H37N/c1-4-12-38(13-5-1)40-20-22-41(23-21-40)42-26-31-49(32-27-42)53(48-18-8-3-9-19-48)50-33-28-43(29-34-50)46-30-35-51(52(37-46)44-15-6-2-7-16-44)47-25-24-39-14-10-11-17-45(39)36-47/h1-37H. The molecule has 0 aromatic heterocycles. The Labute approximate surface area is 311 Å². The van der Waals surface area contributed by atoms with E-state index in [2.05, 4.69) is 229 Å². The van der Waals surface area contributed by atoms with Crippen molar-refractivity contribution < 1.29 is 0 Å². The molecule has 9 rings (SSSR count). The minimum absolute atomic E-state index is 1.11. The second kappa shape index (κ2) is 14.3. The Hall–Kier alpha value is -6.96. The first-order valence-corrected chi connectivity index (χ1v) is 18.2. The molecule has 250 valence electrons. The summed E-state index contributed by atoms with van der Waals surface area (Å²) in [6, 6.07) is 80.7. The number of nitrogens with zero attached hydrogens (tertiary/aromatic N) is 1. The molecule has 0 fully saturated rings. The van der Waals surface area contributed by atoms with Gasteiger partial charge in [0.25, 0.3) is 0 Å². The highest BCUT2D eigenvalue weighted by molar-refractivity contribution is 5.93. The van der Waals surface area contributed by atoms with Gasteiger partial charge in [-0.3, -0.25) is 0 Å². The van der Waals surface area contributed by atoms with Gasteiger partial charge >= 0.3 is 0 Å². The van der Waals surface area contributed by atoms with Crippen LogP contribution >= 0.6 is 0 Å². The molecule has 0 amide bonds. The molecular weight excluding hydrogens is 639 g/mol. The Morgan fingerprint density at radius 3 is 1.19 bits per heavy atom. The van der Waals surface area contributed by atoms with Gasteiger partial charge < -0.3 is 4.90 Å². The predicted octanol–water partition coefficient (Wildman–Crippen LogP) is 14.6. The minimum atomic E-state index is 1.11. The Morgan fingerprint density at radius 2 is 0.604 bits per heavy atom. The molecule has 0 saturated carbocycles. The number of hydrogen-bond acceptors (Lipinski definition) is 1. The van der Waals surface area contributed by atoms with Crippen molar-refractivity contribution in [2.45, 2.75) is 0 Å². The van der Waals surface area contributed by atoms with Crippen LogP contribution in [0.25, 0.3) is 66.4 Å². The first kappa shape index (κ1) is 32.0.